The first-order valence-corrected chi connectivity index (χ1v) is 7.45. The third-order valence-electron chi connectivity index (χ3n) is 3.17. The molecule has 0 fully saturated rings. The van der Waals surface area contributed by atoms with Crippen molar-refractivity contribution in [1.82, 2.24) is 4.98 Å². The minimum Gasteiger partial charge on any atom is -0.368 e. The second-order valence-corrected chi connectivity index (χ2v) is 5.54. The number of anilines is 2. The molecule has 22 heavy (non-hydrogen) atoms. The highest BCUT2D eigenvalue weighted by Crippen LogP contribution is 2.24. The molecule has 8 heteroatoms. The minimum absolute atomic E-state index is 0.168. The predicted molar refractivity (Wildman–Crippen MR) is 84.7 cm³/mol. The van der Waals surface area contributed by atoms with E-state index in [1.165, 1.54) is 16.3 Å². The number of rotatable bonds is 4. The van der Waals surface area contributed by atoms with Gasteiger partial charge in [0.2, 0.25) is 5.91 Å². The summed E-state index contributed by atoms with van der Waals surface area (Å²) in [5, 5.41) is 10.6. The molecule has 2 heterocycles. The number of amides is 2. The summed E-state index contributed by atoms with van der Waals surface area (Å²) in [5.74, 6) is -0.899. The zero-order chi connectivity index (χ0) is 15.5. The van der Waals surface area contributed by atoms with Crippen molar-refractivity contribution < 1.29 is 9.59 Å². The van der Waals surface area contributed by atoms with E-state index in [0.29, 0.717) is 10.8 Å². The molecule has 1 atom stereocenters. The van der Waals surface area contributed by atoms with Gasteiger partial charge in [-0.3, -0.25) is 19.9 Å². The molecule has 112 valence electrons. The standard InChI is InChI=1S/C14H13N5O2S/c15-12(20)11-8-10(13(21)17-14-16-6-7-22-14)18-19(11)9-4-2-1-3-5-9/h1-7,11H,8H2,(H2,15,20)(H,16,17,21)/t11-/m1/s1. The molecule has 1 aromatic carbocycles. The molecule has 1 aromatic heterocycles. The van der Waals surface area contributed by atoms with Crippen molar-refractivity contribution in [2.24, 2.45) is 10.8 Å². The Labute approximate surface area is 130 Å². The van der Waals surface area contributed by atoms with Gasteiger partial charge in [0.05, 0.1) is 5.69 Å². The second-order valence-electron chi connectivity index (χ2n) is 4.64. The third-order valence-corrected chi connectivity index (χ3v) is 3.86. The summed E-state index contributed by atoms with van der Waals surface area (Å²) in [6, 6.07) is 8.47. The molecule has 2 aromatic rings. The van der Waals surface area contributed by atoms with E-state index < -0.39 is 11.9 Å². The molecule has 0 saturated heterocycles. The highest BCUT2D eigenvalue weighted by Gasteiger charge is 2.35. The van der Waals surface area contributed by atoms with Crippen molar-refractivity contribution in [3.63, 3.8) is 0 Å². The van der Waals surface area contributed by atoms with Crippen molar-refractivity contribution in [3.05, 3.63) is 41.9 Å². The van der Waals surface area contributed by atoms with Crippen LogP contribution < -0.4 is 16.1 Å². The van der Waals surface area contributed by atoms with Crippen molar-refractivity contribution in [2.75, 3.05) is 10.3 Å². The number of benzene rings is 1. The number of hydrogen-bond acceptors (Lipinski definition) is 6. The van der Waals surface area contributed by atoms with Crippen molar-refractivity contribution in [1.29, 1.82) is 0 Å². The van der Waals surface area contributed by atoms with E-state index in [0.717, 1.165) is 0 Å². The van der Waals surface area contributed by atoms with Gasteiger partial charge in [-0.05, 0) is 12.1 Å². The van der Waals surface area contributed by atoms with E-state index in [2.05, 4.69) is 15.4 Å². The summed E-state index contributed by atoms with van der Waals surface area (Å²) in [4.78, 5) is 27.8. The fourth-order valence-electron chi connectivity index (χ4n) is 2.14. The van der Waals surface area contributed by atoms with Crippen LogP contribution in [0.15, 0.2) is 47.0 Å². The second kappa shape index (κ2) is 5.94. The van der Waals surface area contributed by atoms with Gasteiger partial charge in [0.1, 0.15) is 11.8 Å². The van der Waals surface area contributed by atoms with Crippen LogP contribution in [0.4, 0.5) is 10.8 Å². The molecule has 0 unspecified atom stereocenters. The first-order valence-electron chi connectivity index (χ1n) is 6.57. The lowest BCUT2D eigenvalue weighted by atomic mass is 10.1. The topological polar surface area (TPSA) is 101 Å². The number of para-hydroxylation sites is 1. The maximum atomic E-state index is 12.2. The van der Waals surface area contributed by atoms with Gasteiger partial charge in [0.15, 0.2) is 5.13 Å². The molecule has 1 aliphatic rings. The van der Waals surface area contributed by atoms with Crippen LogP contribution in [0.1, 0.15) is 6.42 Å². The summed E-state index contributed by atoms with van der Waals surface area (Å²) >= 11 is 1.31. The molecule has 3 rings (SSSR count). The number of nitrogens with two attached hydrogens (primary N) is 1. The molecule has 0 bridgehead atoms. The Kier molecular flexibility index (Phi) is 3.84. The highest BCUT2D eigenvalue weighted by molar-refractivity contribution is 7.13. The number of nitrogens with one attached hydrogen (secondary N) is 1. The van der Waals surface area contributed by atoms with Crippen LogP contribution in [0.25, 0.3) is 0 Å². The van der Waals surface area contributed by atoms with Crippen LogP contribution in [0, 0.1) is 0 Å². The van der Waals surface area contributed by atoms with E-state index in [1.807, 2.05) is 18.2 Å². The number of carbonyl (C=O) groups is 2. The molecule has 0 radical (unpaired) electrons. The van der Waals surface area contributed by atoms with Gasteiger partial charge in [-0.2, -0.15) is 5.10 Å². The van der Waals surface area contributed by atoms with Gasteiger partial charge in [0.25, 0.3) is 5.91 Å². The van der Waals surface area contributed by atoms with E-state index in [4.69, 9.17) is 5.73 Å². The lowest BCUT2D eigenvalue weighted by Gasteiger charge is -2.20. The average Bonchev–Trinajstić information content (AvgIpc) is 3.17. The van der Waals surface area contributed by atoms with E-state index in [-0.39, 0.29) is 18.0 Å². The molecule has 0 aliphatic carbocycles. The number of nitrogens with zero attached hydrogens (tertiary/aromatic N) is 3. The molecule has 0 saturated carbocycles. The number of aromatic nitrogens is 1. The zero-order valence-electron chi connectivity index (χ0n) is 11.5. The van der Waals surface area contributed by atoms with E-state index in [1.54, 1.807) is 23.7 Å². The summed E-state index contributed by atoms with van der Waals surface area (Å²) in [7, 11) is 0. The highest BCUT2D eigenvalue weighted by atomic mass is 32.1. The van der Waals surface area contributed by atoms with Crippen molar-refractivity contribution >= 4 is 39.7 Å². The van der Waals surface area contributed by atoms with Gasteiger partial charge >= 0.3 is 0 Å². The Hall–Kier alpha value is -2.74. The van der Waals surface area contributed by atoms with Gasteiger partial charge in [-0.15, -0.1) is 11.3 Å². The molecule has 2 amide bonds. The molecule has 1 aliphatic heterocycles. The van der Waals surface area contributed by atoms with Crippen molar-refractivity contribution in [3.8, 4) is 0 Å². The average molecular weight is 315 g/mol. The number of primary amides is 1. The molecule has 0 spiro atoms. The summed E-state index contributed by atoms with van der Waals surface area (Å²) in [6.45, 7) is 0. The van der Waals surface area contributed by atoms with Crippen molar-refractivity contribution in [2.45, 2.75) is 12.5 Å². The first-order chi connectivity index (χ1) is 10.6. The van der Waals surface area contributed by atoms with Gasteiger partial charge in [-0.25, -0.2) is 4.98 Å². The zero-order valence-corrected chi connectivity index (χ0v) is 12.3. The summed E-state index contributed by atoms with van der Waals surface area (Å²) < 4.78 is 0. The number of hydrazone groups is 1. The number of thiazole rings is 1. The van der Waals surface area contributed by atoms with Crippen LogP contribution in [-0.4, -0.2) is 28.6 Å². The first kappa shape index (κ1) is 14.2. The van der Waals surface area contributed by atoms with E-state index >= 15 is 0 Å². The molecule has 7 nitrogen and oxygen atoms in total. The SMILES string of the molecule is NC(=O)[C@H]1CC(C(=O)Nc2nccs2)=NN1c1ccccc1. The lowest BCUT2D eigenvalue weighted by Crippen LogP contribution is -2.39. The Morgan fingerprint density at radius 1 is 1.32 bits per heavy atom. The third kappa shape index (κ3) is 2.82. The Morgan fingerprint density at radius 2 is 2.09 bits per heavy atom. The maximum absolute atomic E-state index is 12.2. The number of hydrogen-bond donors (Lipinski definition) is 2. The fraction of sp³-hybridized carbons (Fsp3) is 0.143. The maximum Gasteiger partial charge on any atom is 0.273 e. The van der Waals surface area contributed by atoms with Gasteiger partial charge < -0.3 is 5.73 Å². The lowest BCUT2D eigenvalue weighted by molar-refractivity contribution is -0.119. The van der Waals surface area contributed by atoms with E-state index in [9.17, 15) is 9.59 Å². The van der Waals surface area contributed by atoms with Gasteiger partial charge in [-0.1, -0.05) is 18.2 Å². The minimum atomic E-state index is -0.667. The Morgan fingerprint density at radius 3 is 2.73 bits per heavy atom. The summed E-state index contributed by atoms with van der Waals surface area (Å²) in [5.41, 5.74) is 6.39. The molecular weight excluding hydrogens is 302 g/mol. The van der Waals surface area contributed by atoms with Crippen LogP contribution in [0.2, 0.25) is 0 Å². The quantitative estimate of drug-likeness (QED) is 0.885. The van der Waals surface area contributed by atoms with Gasteiger partial charge in [0, 0.05) is 18.0 Å². The normalized spacial score (nSPS) is 17.2. The molecule has 3 N–H and O–H groups in total. The number of carbonyl (C=O) groups excluding carboxylic acids is 2. The molecular formula is C14H13N5O2S. The predicted octanol–water partition coefficient (Wildman–Crippen LogP) is 1.20. The largest absolute Gasteiger partial charge is 0.368 e. The Balaban J connectivity index is 1.83. The smallest absolute Gasteiger partial charge is 0.273 e. The van der Waals surface area contributed by atoms with Crippen LogP contribution in [0.5, 0.6) is 0 Å². The van der Waals surface area contributed by atoms with Crippen LogP contribution in [-0.2, 0) is 9.59 Å². The summed E-state index contributed by atoms with van der Waals surface area (Å²) in [6.07, 6.45) is 1.76. The Bertz CT molecular complexity index is 714. The van der Waals surface area contributed by atoms with Crippen LogP contribution >= 0.6 is 11.3 Å². The monoisotopic (exact) mass is 315 g/mol. The fourth-order valence-corrected chi connectivity index (χ4v) is 2.67. The van der Waals surface area contributed by atoms with Crippen LogP contribution in [0.3, 0.4) is 0 Å².